The Hall–Kier alpha value is -1.69. The van der Waals surface area contributed by atoms with Gasteiger partial charge in [-0.15, -0.1) is 0 Å². The van der Waals surface area contributed by atoms with Gasteiger partial charge < -0.3 is 15.3 Å². The van der Waals surface area contributed by atoms with Crippen LogP contribution in [-0.4, -0.2) is 52.1 Å². The SMILES string of the molecule is CCCNc1cncc(C(=O)N(CC)CCO)n1. The molecule has 6 nitrogen and oxygen atoms in total. The van der Waals surface area contributed by atoms with Crippen molar-refractivity contribution in [2.45, 2.75) is 20.3 Å². The average Bonchev–Trinajstić information content (AvgIpc) is 2.42. The average molecular weight is 252 g/mol. The first-order valence-electron chi connectivity index (χ1n) is 6.19. The van der Waals surface area contributed by atoms with Crippen molar-refractivity contribution in [2.75, 3.05) is 31.6 Å². The number of aromatic nitrogens is 2. The topological polar surface area (TPSA) is 78.4 Å². The van der Waals surface area contributed by atoms with Crippen LogP contribution in [0.2, 0.25) is 0 Å². The Labute approximate surface area is 107 Å². The van der Waals surface area contributed by atoms with Gasteiger partial charge in [-0.2, -0.15) is 0 Å². The lowest BCUT2D eigenvalue weighted by Gasteiger charge is -2.19. The second-order valence-electron chi connectivity index (χ2n) is 3.82. The normalized spacial score (nSPS) is 10.2. The van der Waals surface area contributed by atoms with Crippen LogP contribution in [0.5, 0.6) is 0 Å². The number of carbonyl (C=O) groups is 1. The second kappa shape index (κ2) is 7.60. The molecular weight excluding hydrogens is 232 g/mol. The van der Waals surface area contributed by atoms with Gasteiger partial charge in [0, 0.05) is 19.6 Å². The van der Waals surface area contributed by atoms with Gasteiger partial charge in [0.15, 0.2) is 0 Å². The number of aliphatic hydroxyl groups is 1. The molecule has 1 rings (SSSR count). The molecule has 0 aliphatic rings. The fraction of sp³-hybridized carbons (Fsp3) is 0.583. The molecule has 1 heterocycles. The van der Waals surface area contributed by atoms with Gasteiger partial charge in [-0.3, -0.25) is 9.78 Å². The van der Waals surface area contributed by atoms with E-state index in [4.69, 9.17) is 5.11 Å². The second-order valence-corrected chi connectivity index (χ2v) is 3.82. The van der Waals surface area contributed by atoms with Crippen LogP contribution < -0.4 is 5.32 Å². The lowest BCUT2D eigenvalue weighted by molar-refractivity contribution is 0.0726. The summed E-state index contributed by atoms with van der Waals surface area (Å²) in [5.74, 6) is 0.391. The van der Waals surface area contributed by atoms with Gasteiger partial charge in [-0.1, -0.05) is 6.92 Å². The number of hydrogen-bond acceptors (Lipinski definition) is 5. The molecule has 1 aromatic rings. The van der Waals surface area contributed by atoms with E-state index in [0.717, 1.165) is 13.0 Å². The Morgan fingerprint density at radius 3 is 2.83 bits per heavy atom. The number of aliphatic hydroxyl groups excluding tert-OH is 1. The fourth-order valence-corrected chi connectivity index (χ4v) is 1.49. The minimum Gasteiger partial charge on any atom is -0.395 e. The molecule has 100 valence electrons. The van der Waals surface area contributed by atoms with E-state index in [9.17, 15) is 4.79 Å². The van der Waals surface area contributed by atoms with E-state index in [1.807, 2.05) is 6.92 Å². The third-order valence-corrected chi connectivity index (χ3v) is 2.45. The van der Waals surface area contributed by atoms with Crippen molar-refractivity contribution in [3.63, 3.8) is 0 Å². The van der Waals surface area contributed by atoms with Crippen molar-refractivity contribution in [3.05, 3.63) is 18.1 Å². The molecule has 1 aromatic heterocycles. The van der Waals surface area contributed by atoms with Gasteiger partial charge in [0.05, 0.1) is 19.0 Å². The van der Waals surface area contributed by atoms with Gasteiger partial charge in [0.1, 0.15) is 11.5 Å². The summed E-state index contributed by atoms with van der Waals surface area (Å²) < 4.78 is 0. The van der Waals surface area contributed by atoms with Crippen LogP contribution in [0.15, 0.2) is 12.4 Å². The predicted molar refractivity (Wildman–Crippen MR) is 69.5 cm³/mol. The zero-order chi connectivity index (χ0) is 13.4. The van der Waals surface area contributed by atoms with Crippen molar-refractivity contribution in [2.24, 2.45) is 0 Å². The molecule has 0 fully saturated rings. The summed E-state index contributed by atoms with van der Waals surface area (Å²) in [7, 11) is 0. The highest BCUT2D eigenvalue weighted by atomic mass is 16.3. The van der Waals surface area contributed by atoms with Crippen molar-refractivity contribution >= 4 is 11.7 Å². The van der Waals surface area contributed by atoms with E-state index < -0.39 is 0 Å². The van der Waals surface area contributed by atoms with Gasteiger partial charge in [-0.05, 0) is 13.3 Å². The molecule has 0 saturated heterocycles. The summed E-state index contributed by atoms with van der Waals surface area (Å²) in [6.45, 7) is 5.49. The van der Waals surface area contributed by atoms with Gasteiger partial charge in [0.25, 0.3) is 5.91 Å². The highest BCUT2D eigenvalue weighted by Gasteiger charge is 2.15. The van der Waals surface area contributed by atoms with E-state index >= 15 is 0 Å². The van der Waals surface area contributed by atoms with Crippen LogP contribution in [0.3, 0.4) is 0 Å². The number of hydrogen-bond donors (Lipinski definition) is 2. The minimum atomic E-state index is -0.209. The van der Waals surface area contributed by atoms with Gasteiger partial charge >= 0.3 is 0 Å². The Morgan fingerprint density at radius 1 is 1.44 bits per heavy atom. The smallest absolute Gasteiger partial charge is 0.274 e. The summed E-state index contributed by atoms with van der Waals surface area (Å²) in [6.07, 6.45) is 4.01. The maximum Gasteiger partial charge on any atom is 0.274 e. The van der Waals surface area contributed by atoms with Gasteiger partial charge in [-0.25, -0.2) is 4.98 Å². The molecule has 0 bridgehead atoms. The molecule has 0 aromatic carbocycles. The zero-order valence-corrected chi connectivity index (χ0v) is 10.9. The summed E-state index contributed by atoms with van der Waals surface area (Å²) in [4.78, 5) is 21.8. The summed E-state index contributed by atoms with van der Waals surface area (Å²) >= 11 is 0. The molecule has 1 amide bonds. The Bertz CT molecular complexity index is 384. The largest absolute Gasteiger partial charge is 0.395 e. The third kappa shape index (κ3) is 3.96. The molecule has 0 aliphatic carbocycles. The molecule has 0 atom stereocenters. The van der Waals surface area contributed by atoms with E-state index in [0.29, 0.717) is 24.6 Å². The van der Waals surface area contributed by atoms with Crippen LogP contribution in [0.1, 0.15) is 30.8 Å². The molecule has 0 spiro atoms. The fourth-order valence-electron chi connectivity index (χ4n) is 1.49. The van der Waals surface area contributed by atoms with Crippen LogP contribution in [0.4, 0.5) is 5.82 Å². The standard InChI is InChI=1S/C12H20N4O2/c1-3-5-14-11-9-13-8-10(15-11)12(18)16(4-2)6-7-17/h8-9,17H,3-7H2,1-2H3,(H,14,15). The maximum absolute atomic E-state index is 12.1. The number of likely N-dealkylation sites (N-methyl/N-ethyl adjacent to an activating group) is 1. The number of anilines is 1. The quantitative estimate of drug-likeness (QED) is 0.749. The maximum atomic E-state index is 12.1. The van der Waals surface area contributed by atoms with E-state index in [-0.39, 0.29) is 12.5 Å². The van der Waals surface area contributed by atoms with Crippen molar-refractivity contribution in [3.8, 4) is 0 Å². The number of carbonyl (C=O) groups excluding carboxylic acids is 1. The summed E-state index contributed by atoms with van der Waals surface area (Å²) in [5, 5.41) is 12.0. The molecule has 0 saturated carbocycles. The first-order chi connectivity index (χ1) is 8.72. The monoisotopic (exact) mass is 252 g/mol. The van der Waals surface area contributed by atoms with E-state index in [2.05, 4.69) is 22.2 Å². The lowest BCUT2D eigenvalue weighted by Crippen LogP contribution is -2.34. The zero-order valence-electron chi connectivity index (χ0n) is 10.9. The van der Waals surface area contributed by atoms with E-state index in [1.54, 1.807) is 6.20 Å². The summed E-state index contributed by atoms with van der Waals surface area (Å²) in [5.41, 5.74) is 0.298. The Kier molecular flexibility index (Phi) is 6.07. The molecule has 2 N–H and O–H groups in total. The Balaban J connectivity index is 2.78. The first-order valence-corrected chi connectivity index (χ1v) is 6.19. The molecule has 0 radical (unpaired) electrons. The number of rotatable bonds is 7. The Morgan fingerprint density at radius 2 is 2.22 bits per heavy atom. The van der Waals surface area contributed by atoms with Crippen LogP contribution in [0.25, 0.3) is 0 Å². The van der Waals surface area contributed by atoms with Crippen molar-refractivity contribution in [1.29, 1.82) is 0 Å². The number of amides is 1. The van der Waals surface area contributed by atoms with E-state index in [1.165, 1.54) is 11.1 Å². The molecular formula is C12H20N4O2. The highest BCUT2D eigenvalue weighted by molar-refractivity contribution is 5.92. The molecule has 18 heavy (non-hydrogen) atoms. The molecule has 6 heteroatoms. The number of nitrogens with zero attached hydrogens (tertiary/aromatic N) is 3. The lowest BCUT2D eigenvalue weighted by atomic mass is 10.3. The van der Waals surface area contributed by atoms with Crippen molar-refractivity contribution in [1.82, 2.24) is 14.9 Å². The summed E-state index contributed by atoms with van der Waals surface area (Å²) in [6, 6.07) is 0. The van der Waals surface area contributed by atoms with Crippen LogP contribution >= 0.6 is 0 Å². The third-order valence-electron chi connectivity index (χ3n) is 2.45. The minimum absolute atomic E-state index is 0.0548. The van der Waals surface area contributed by atoms with Crippen LogP contribution in [0, 0.1) is 0 Å². The van der Waals surface area contributed by atoms with Crippen LogP contribution in [-0.2, 0) is 0 Å². The van der Waals surface area contributed by atoms with Gasteiger partial charge in [0.2, 0.25) is 0 Å². The highest BCUT2D eigenvalue weighted by Crippen LogP contribution is 2.05. The molecule has 0 aliphatic heterocycles. The first kappa shape index (κ1) is 14.4. The number of nitrogens with one attached hydrogen (secondary N) is 1. The van der Waals surface area contributed by atoms with Crippen molar-refractivity contribution < 1.29 is 9.90 Å². The molecule has 0 unspecified atom stereocenters. The predicted octanol–water partition coefficient (Wildman–Crippen LogP) is 0.753.